The summed E-state index contributed by atoms with van der Waals surface area (Å²) in [6, 6.07) is 2.55. The third-order valence-electron chi connectivity index (χ3n) is 3.09. The predicted molar refractivity (Wildman–Crippen MR) is 75.3 cm³/mol. The fourth-order valence-electron chi connectivity index (χ4n) is 1.95. The second-order valence-electron chi connectivity index (χ2n) is 5.35. The molecule has 6 heteroatoms. The molecule has 1 N–H and O–H groups in total. The quantitative estimate of drug-likeness (QED) is 0.905. The van der Waals surface area contributed by atoms with Gasteiger partial charge < -0.3 is 10.2 Å². The number of benzene rings is 1. The lowest BCUT2D eigenvalue weighted by Gasteiger charge is -2.26. The highest BCUT2D eigenvalue weighted by Crippen LogP contribution is 2.13. The Morgan fingerprint density at radius 3 is 2.38 bits per heavy atom. The number of hydrogen-bond donors (Lipinski definition) is 1. The van der Waals surface area contributed by atoms with Crippen molar-refractivity contribution in [2.75, 3.05) is 7.05 Å². The second-order valence-corrected chi connectivity index (χ2v) is 5.35. The summed E-state index contributed by atoms with van der Waals surface area (Å²) in [4.78, 5) is 24.8. The van der Waals surface area contributed by atoms with E-state index in [1.54, 1.807) is 0 Å². The smallest absolute Gasteiger partial charge is 0.245 e. The summed E-state index contributed by atoms with van der Waals surface area (Å²) in [6.07, 6.45) is 0. The van der Waals surface area contributed by atoms with Crippen molar-refractivity contribution in [3.05, 3.63) is 35.4 Å². The molecule has 1 unspecified atom stereocenters. The maximum absolute atomic E-state index is 13.6. The Bertz CT molecular complexity index is 532. The van der Waals surface area contributed by atoms with Gasteiger partial charge >= 0.3 is 0 Å². The molecule has 0 aliphatic rings. The van der Waals surface area contributed by atoms with E-state index < -0.39 is 17.7 Å². The molecule has 0 heterocycles. The van der Waals surface area contributed by atoms with Crippen LogP contribution in [0, 0.1) is 17.6 Å². The Labute approximate surface area is 123 Å². The van der Waals surface area contributed by atoms with Crippen LogP contribution in [0.15, 0.2) is 18.2 Å². The minimum Gasteiger partial charge on any atom is -0.344 e. The van der Waals surface area contributed by atoms with Crippen molar-refractivity contribution in [1.29, 1.82) is 0 Å². The number of amides is 2. The Morgan fingerprint density at radius 2 is 1.90 bits per heavy atom. The molecule has 0 saturated heterocycles. The van der Waals surface area contributed by atoms with Gasteiger partial charge in [-0.3, -0.25) is 9.59 Å². The summed E-state index contributed by atoms with van der Waals surface area (Å²) in [6.45, 7) is 4.96. The molecule has 1 aromatic carbocycles. The van der Waals surface area contributed by atoms with Gasteiger partial charge in [-0.1, -0.05) is 19.9 Å². The molecule has 1 rings (SSSR count). The zero-order chi connectivity index (χ0) is 16.2. The monoisotopic (exact) mass is 298 g/mol. The maximum atomic E-state index is 13.6. The summed E-state index contributed by atoms with van der Waals surface area (Å²) >= 11 is 0. The zero-order valence-corrected chi connectivity index (χ0v) is 12.6. The Balaban J connectivity index is 2.83. The van der Waals surface area contributed by atoms with E-state index in [0.29, 0.717) is 0 Å². The van der Waals surface area contributed by atoms with Crippen molar-refractivity contribution >= 4 is 11.8 Å². The SMILES string of the molecule is CC(=O)NC(C(=O)N(C)Cc1ccc(F)cc1F)C(C)C. The van der Waals surface area contributed by atoms with Crippen molar-refractivity contribution < 1.29 is 18.4 Å². The van der Waals surface area contributed by atoms with Crippen molar-refractivity contribution in [3.63, 3.8) is 0 Å². The first-order valence-electron chi connectivity index (χ1n) is 6.68. The number of carbonyl (C=O) groups excluding carboxylic acids is 2. The highest BCUT2D eigenvalue weighted by Gasteiger charge is 2.26. The van der Waals surface area contributed by atoms with Gasteiger partial charge in [-0.05, 0) is 12.0 Å². The molecule has 116 valence electrons. The fourth-order valence-corrected chi connectivity index (χ4v) is 1.95. The summed E-state index contributed by atoms with van der Waals surface area (Å²) < 4.78 is 26.4. The van der Waals surface area contributed by atoms with Gasteiger partial charge in [0.1, 0.15) is 17.7 Å². The zero-order valence-electron chi connectivity index (χ0n) is 12.6. The summed E-state index contributed by atoms with van der Waals surface area (Å²) in [5, 5.41) is 2.59. The topological polar surface area (TPSA) is 49.4 Å². The van der Waals surface area contributed by atoms with Crippen LogP contribution < -0.4 is 5.32 Å². The Hall–Kier alpha value is -1.98. The van der Waals surface area contributed by atoms with E-state index in [-0.39, 0.29) is 29.8 Å². The molecule has 4 nitrogen and oxygen atoms in total. The van der Waals surface area contributed by atoms with Gasteiger partial charge in [0.05, 0.1) is 0 Å². The molecular weight excluding hydrogens is 278 g/mol. The molecule has 0 fully saturated rings. The van der Waals surface area contributed by atoms with Crippen LogP contribution in [-0.2, 0) is 16.1 Å². The average Bonchev–Trinajstić information content (AvgIpc) is 2.37. The number of rotatable bonds is 5. The molecule has 0 radical (unpaired) electrons. The van der Waals surface area contributed by atoms with Crippen LogP contribution >= 0.6 is 0 Å². The van der Waals surface area contributed by atoms with Gasteiger partial charge in [0.25, 0.3) is 0 Å². The Kier molecular flexibility index (Phi) is 5.81. The molecule has 0 spiro atoms. The third kappa shape index (κ3) is 4.81. The van der Waals surface area contributed by atoms with E-state index in [9.17, 15) is 18.4 Å². The van der Waals surface area contributed by atoms with E-state index in [4.69, 9.17) is 0 Å². The summed E-state index contributed by atoms with van der Waals surface area (Å²) in [7, 11) is 1.52. The van der Waals surface area contributed by atoms with Gasteiger partial charge in [0.15, 0.2) is 0 Å². The predicted octanol–water partition coefficient (Wildman–Crippen LogP) is 2.08. The van der Waals surface area contributed by atoms with Gasteiger partial charge in [-0.2, -0.15) is 0 Å². The lowest BCUT2D eigenvalue weighted by molar-refractivity contribution is -0.136. The highest BCUT2D eigenvalue weighted by molar-refractivity contribution is 5.86. The van der Waals surface area contributed by atoms with Crippen LogP contribution in [-0.4, -0.2) is 29.8 Å². The van der Waals surface area contributed by atoms with Crippen LogP contribution in [0.25, 0.3) is 0 Å². The average molecular weight is 298 g/mol. The normalized spacial score (nSPS) is 12.1. The van der Waals surface area contributed by atoms with E-state index in [1.165, 1.54) is 24.9 Å². The molecule has 0 bridgehead atoms. The maximum Gasteiger partial charge on any atom is 0.245 e. The van der Waals surface area contributed by atoms with Crippen molar-refractivity contribution in [2.24, 2.45) is 5.92 Å². The lowest BCUT2D eigenvalue weighted by Crippen LogP contribution is -2.49. The summed E-state index contributed by atoms with van der Waals surface area (Å²) in [5.74, 6) is -2.08. The molecule has 0 aliphatic carbocycles. The molecule has 2 amide bonds. The number of nitrogens with zero attached hydrogens (tertiary/aromatic N) is 1. The number of halogens is 2. The van der Waals surface area contributed by atoms with Crippen LogP contribution in [0.2, 0.25) is 0 Å². The fraction of sp³-hybridized carbons (Fsp3) is 0.467. The first-order valence-corrected chi connectivity index (χ1v) is 6.68. The van der Waals surface area contributed by atoms with Crippen LogP contribution in [0.1, 0.15) is 26.3 Å². The van der Waals surface area contributed by atoms with Crippen LogP contribution in [0.3, 0.4) is 0 Å². The van der Waals surface area contributed by atoms with E-state index in [1.807, 2.05) is 13.8 Å². The van der Waals surface area contributed by atoms with Crippen molar-refractivity contribution in [1.82, 2.24) is 10.2 Å². The molecular formula is C15H20F2N2O2. The van der Waals surface area contributed by atoms with Gasteiger partial charge in [-0.25, -0.2) is 8.78 Å². The minimum absolute atomic E-state index is 0.00769. The standard InChI is InChI=1S/C15H20F2N2O2/c1-9(2)14(18-10(3)20)15(21)19(4)8-11-5-6-12(16)7-13(11)17/h5-7,9,14H,8H2,1-4H3,(H,18,20). The third-order valence-corrected chi connectivity index (χ3v) is 3.09. The van der Waals surface area contributed by atoms with Crippen LogP contribution in [0.5, 0.6) is 0 Å². The number of likely N-dealkylation sites (N-methyl/N-ethyl adjacent to an activating group) is 1. The lowest BCUT2D eigenvalue weighted by atomic mass is 10.0. The molecule has 1 atom stereocenters. The highest BCUT2D eigenvalue weighted by atomic mass is 19.1. The largest absolute Gasteiger partial charge is 0.344 e. The second kappa shape index (κ2) is 7.15. The minimum atomic E-state index is -0.699. The van der Waals surface area contributed by atoms with Crippen LogP contribution in [0.4, 0.5) is 8.78 Å². The van der Waals surface area contributed by atoms with E-state index in [2.05, 4.69) is 5.32 Å². The number of hydrogen-bond acceptors (Lipinski definition) is 2. The number of nitrogens with one attached hydrogen (secondary N) is 1. The van der Waals surface area contributed by atoms with Gasteiger partial charge in [-0.15, -0.1) is 0 Å². The molecule has 1 aromatic rings. The van der Waals surface area contributed by atoms with Crippen molar-refractivity contribution in [2.45, 2.75) is 33.4 Å². The molecule has 0 aromatic heterocycles. The number of carbonyl (C=O) groups is 2. The Morgan fingerprint density at radius 1 is 1.29 bits per heavy atom. The van der Waals surface area contributed by atoms with E-state index >= 15 is 0 Å². The first kappa shape index (κ1) is 17.1. The molecule has 21 heavy (non-hydrogen) atoms. The molecule has 0 saturated carbocycles. The first-order chi connectivity index (χ1) is 9.72. The molecule has 0 aliphatic heterocycles. The van der Waals surface area contributed by atoms with Crippen molar-refractivity contribution in [3.8, 4) is 0 Å². The summed E-state index contributed by atoms with van der Waals surface area (Å²) in [5.41, 5.74) is 0.220. The van der Waals surface area contributed by atoms with Gasteiger partial charge in [0.2, 0.25) is 11.8 Å². The van der Waals surface area contributed by atoms with E-state index in [0.717, 1.165) is 12.1 Å². The van der Waals surface area contributed by atoms with Gasteiger partial charge in [0, 0.05) is 32.1 Å².